The van der Waals surface area contributed by atoms with Crippen molar-refractivity contribution in [2.24, 2.45) is 0 Å². The first kappa shape index (κ1) is 16.8. The fourth-order valence-electron chi connectivity index (χ4n) is 2.30. The number of carbonyl (C=O) groups excluding carboxylic acids is 1. The molecule has 1 heterocycles. The Bertz CT molecular complexity index is 677. The van der Waals surface area contributed by atoms with Gasteiger partial charge in [0.25, 0.3) is 0 Å². The van der Waals surface area contributed by atoms with Gasteiger partial charge in [0.15, 0.2) is 11.7 Å². The first-order chi connectivity index (χ1) is 11.1. The molecule has 0 aliphatic carbocycles. The molecule has 0 saturated carbocycles. The molecule has 7 heteroatoms. The summed E-state index contributed by atoms with van der Waals surface area (Å²) in [7, 11) is 0. The van der Waals surface area contributed by atoms with E-state index in [1.54, 1.807) is 26.0 Å². The molecule has 0 radical (unpaired) electrons. The second-order valence-corrected chi connectivity index (χ2v) is 5.21. The highest BCUT2D eigenvalue weighted by Crippen LogP contribution is 2.28. The molecule has 0 fully saturated rings. The molecule has 0 amide bonds. The van der Waals surface area contributed by atoms with E-state index in [4.69, 9.17) is 27.0 Å². The van der Waals surface area contributed by atoms with Gasteiger partial charge in [-0.15, -0.1) is 0 Å². The van der Waals surface area contributed by atoms with E-state index >= 15 is 0 Å². The lowest BCUT2D eigenvalue weighted by Crippen LogP contribution is -2.45. The maximum atomic E-state index is 12.2. The standard InChI is InChI=1S/C16H17N3O3S/c1-3-21-15(20)13-10(2)18-16(23)19-14(13)11-4-6-12(7-5-11)22-9-8-17/h4-7,14H,3,9H2,1-2H3,(H2,18,19,23)/t14-/m0/s1. The predicted molar refractivity (Wildman–Crippen MR) is 88.5 cm³/mol. The molecule has 120 valence electrons. The van der Waals surface area contributed by atoms with Gasteiger partial charge in [-0.3, -0.25) is 0 Å². The van der Waals surface area contributed by atoms with Crippen LogP contribution in [0.5, 0.6) is 5.75 Å². The number of esters is 1. The lowest BCUT2D eigenvalue weighted by molar-refractivity contribution is -0.139. The van der Waals surface area contributed by atoms with Crippen molar-refractivity contribution in [3.63, 3.8) is 0 Å². The number of carbonyl (C=O) groups is 1. The lowest BCUT2D eigenvalue weighted by atomic mass is 9.95. The number of hydrogen-bond donors (Lipinski definition) is 2. The summed E-state index contributed by atoms with van der Waals surface area (Å²) in [5.41, 5.74) is 2.01. The van der Waals surface area contributed by atoms with Crippen LogP contribution in [0.4, 0.5) is 0 Å². The Morgan fingerprint density at radius 1 is 1.39 bits per heavy atom. The lowest BCUT2D eigenvalue weighted by Gasteiger charge is -2.29. The molecule has 0 aromatic heterocycles. The summed E-state index contributed by atoms with van der Waals surface area (Å²) in [5, 5.41) is 15.0. The molecule has 0 spiro atoms. The van der Waals surface area contributed by atoms with E-state index in [0.717, 1.165) is 5.56 Å². The number of nitrogens with zero attached hydrogens (tertiary/aromatic N) is 1. The third kappa shape index (κ3) is 3.99. The minimum atomic E-state index is -0.396. The van der Waals surface area contributed by atoms with Gasteiger partial charge in [0, 0.05) is 5.70 Å². The monoisotopic (exact) mass is 331 g/mol. The molecule has 2 N–H and O–H groups in total. The third-order valence-corrected chi connectivity index (χ3v) is 3.50. The topological polar surface area (TPSA) is 83.4 Å². The molecular formula is C16H17N3O3S. The fourth-order valence-corrected chi connectivity index (χ4v) is 2.57. The number of nitriles is 1. The third-order valence-electron chi connectivity index (χ3n) is 3.28. The molecule has 1 aliphatic rings. The maximum absolute atomic E-state index is 12.2. The van der Waals surface area contributed by atoms with E-state index in [9.17, 15) is 4.79 Å². The van der Waals surface area contributed by atoms with Crippen LogP contribution in [-0.4, -0.2) is 24.3 Å². The van der Waals surface area contributed by atoms with Gasteiger partial charge >= 0.3 is 5.97 Å². The van der Waals surface area contributed by atoms with E-state index in [-0.39, 0.29) is 12.6 Å². The van der Waals surface area contributed by atoms with Gasteiger partial charge in [-0.25, -0.2) is 4.79 Å². The highest BCUT2D eigenvalue weighted by atomic mass is 32.1. The zero-order valence-corrected chi connectivity index (χ0v) is 13.7. The molecule has 6 nitrogen and oxygen atoms in total. The number of ether oxygens (including phenoxy) is 2. The van der Waals surface area contributed by atoms with Crippen molar-refractivity contribution in [2.75, 3.05) is 13.2 Å². The number of benzene rings is 1. The van der Waals surface area contributed by atoms with Gasteiger partial charge in [-0.1, -0.05) is 12.1 Å². The molecular weight excluding hydrogens is 314 g/mol. The fraction of sp³-hybridized carbons (Fsp3) is 0.312. The summed E-state index contributed by atoms with van der Waals surface area (Å²) in [6.07, 6.45) is 0. The van der Waals surface area contributed by atoms with Crippen LogP contribution in [0.1, 0.15) is 25.5 Å². The second-order valence-electron chi connectivity index (χ2n) is 4.81. The molecule has 1 aromatic rings. The smallest absolute Gasteiger partial charge is 0.338 e. The first-order valence-corrected chi connectivity index (χ1v) is 7.52. The second kappa shape index (κ2) is 7.61. The van der Waals surface area contributed by atoms with Crippen LogP contribution in [0, 0.1) is 11.3 Å². The molecule has 2 rings (SSSR count). The van der Waals surface area contributed by atoms with Crippen LogP contribution < -0.4 is 15.4 Å². The normalized spacial score (nSPS) is 16.9. The van der Waals surface area contributed by atoms with E-state index in [2.05, 4.69) is 10.6 Å². The average Bonchev–Trinajstić information content (AvgIpc) is 2.52. The Kier molecular flexibility index (Phi) is 5.55. The minimum Gasteiger partial charge on any atom is -0.479 e. The van der Waals surface area contributed by atoms with Crippen LogP contribution in [-0.2, 0) is 9.53 Å². The Morgan fingerprint density at radius 2 is 2.09 bits per heavy atom. The van der Waals surface area contributed by atoms with E-state index in [1.807, 2.05) is 18.2 Å². The van der Waals surface area contributed by atoms with Crippen molar-refractivity contribution < 1.29 is 14.3 Å². The average molecular weight is 331 g/mol. The summed E-state index contributed by atoms with van der Waals surface area (Å²) in [4.78, 5) is 12.2. The Balaban J connectivity index is 2.30. The molecule has 0 bridgehead atoms. The van der Waals surface area contributed by atoms with Gasteiger partial charge in [-0.2, -0.15) is 5.26 Å². The van der Waals surface area contributed by atoms with Crippen LogP contribution >= 0.6 is 12.2 Å². The Hall–Kier alpha value is -2.59. The Labute approximate surface area is 140 Å². The summed E-state index contributed by atoms with van der Waals surface area (Å²) >= 11 is 5.18. The largest absolute Gasteiger partial charge is 0.479 e. The highest BCUT2D eigenvalue weighted by Gasteiger charge is 2.30. The van der Waals surface area contributed by atoms with Crippen LogP contribution in [0.2, 0.25) is 0 Å². The van der Waals surface area contributed by atoms with Gasteiger partial charge in [0.05, 0.1) is 18.2 Å². The van der Waals surface area contributed by atoms with Crippen molar-refractivity contribution in [3.05, 3.63) is 41.1 Å². The predicted octanol–water partition coefficient (Wildman–Crippen LogP) is 1.94. The highest BCUT2D eigenvalue weighted by molar-refractivity contribution is 7.80. The minimum absolute atomic E-state index is 0.0118. The number of thiocarbonyl (C=S) groups is 1. The van der Waals surface area contributed by atoms with Crippen molar-refractivity contribution in [1.29, 1.82) is 5.26 Å². The summed E-state index contributed by atoms with van der Waals surface area (Å²) in [5.74, 6) is 0.201. The number of nitrogens with one attached hydrogen (secondary N) is 2. The van der Waals surface area contributed by atoms with Crippen molar-refractivity contribution in [2.45, 2.75) is 19.9 Å². The molecule has 1 aromatic carbocycles. The molecule has 1 aliphatic heterocycles. The van der Waals surface area contributed by atoms with Crippen molar-refractivity contribution in [3.8, 4) is 11.8 Å². The SMILES string of the molecule is CCOC(=O)C1=C(C)NC(=S)N[C@H]1c1ccc(OCC#N)cc1. The van der Waals surface area contributed by atoms with Gasteiger partial charge < -0.3 is 20.1 Å². The molecule has 0 saturated heterocycles. The summed E-state index contributed by atoms with van der Waals surface area (Å²) in [6.45, 7) is 3.84. The van der Waals surface area contributed by atoms with Crippen LogP contribution in [0.3, 0.4) is 0 Å². The van der Waals surface area contributed by atoms with E-state index < -0.39 is 6.04 Å². The van der Waals surface area contributed by atoms with E-state index in [1.165, 1.54) is 0 Å². The van der Waals surface area contributed by atoms with Gasteiger partial charge in [0.2, 0.25) is 0 Å². The number of hydrogen-bond acceptors (Lipinski definition) is 5. The van der Waals surface area contributed by atoms with Crippen molar-refractivity contribution >= 4 is 23.3 Å². The van der Waals surface area contributed by atoms with E-state index in [0.29, 0.717) is 28.7 Å². The summed E-state index contributed by atoms with van der Waals surface area (Å²) < 4.78 is 10.4. The summed E-state index contributed by atoms with van der Waals surface area (Å²) in [6, 6.07) is 8.66. The number of rotatable bonds is 5. The van der Waals surface area contributed by atoms with Gasteiger partial charge in [0.1, 0.15) is 11.8 Å². The molecule has 0 unspecified atom stereocenters. The maximum Gasteiger partial charge on any atom is 0.338 e. The molecule has 1 atom stereocenters. The Morgan fingerprint density at radius 3 is 2.70 bits per heavy atom. The van der Waals surface area contributed by atoms with Crippen molar-refractivity contribution in [1.82, 2.24) is 10.6 Å². The molecule has 23 heavy (non-hydrogen) atoms. The zero-order chi connectivity index (χ0) is 16.8. The van der Waals surface area contributed by atoms with Crippen LogP contribution in [0.15, 0.2) is 35.5 Å². The van der Waals surface area contributed by atoms with Gasteiger partial charge in [-0.05, 0) is 43.8 Å². The van der Waals surface area contributed by atoms with Crippen LogP contribution in [0.25, 0.3) is 0 Å². The first-order valence-electron chi connectivity index (χ1n) is 7.12. The quantitative estimate of drug-likeness (QED) is 0.630. The number of allylic oxidation sites excluding steroid dienone is 1. The zero-order valence-electron chi connectivity index (χ0n) is 12.9.